The molecule has 108 valence electrons. The highest BCUT2D eigenvalue weighted by Gasteiger charge is 2.50. The van der Waals surface area contributed by atoms with E-state index in [9.17, 15) is 13.2 Å². The zero-order valence-electron chi connectivity index (χ0n) is 11.0. The lowest BCUT2D eigenvalue weighted by Crippen LogP contribution is -2.37. The van der Waals surface area contributed by atoms with Gasteiger partial charge in [-0.25, -0.2) is 0 Å². The van der Waals surface area contributed by atoms with Crippen LogP contribution >= 0.6 is 11.6 Å². The summed E-state index contributed by atoms with van der Waals surface area (Å²) in [6.07, 6.45) is -4.40. The van der Waals surface area contributed by atoms with Gasteiger partial charge in [-0.15, -0.1) is 0 Å². The van der Waals surface area contributed by atoms with Crippen molar-refractivity contribution in [2.75, 3.05) is 6.61 Å². The monoisotopic (exact) mass is 295 g/mol. The number of ether oxygens (including phenoxy) is 1. The second-order valence-electron chi connectivity index (χ2n) is 5.05. The van der Waals surface area contributed by atoms with Crippen molar-refractivity contribution < 1.29 is 17.9 Å². The first-order valence-electron chi connectivity index (χ1n) is 5.81. The minimum Gasteiger partial charge on any atom is -0.492 e. The van der Waals surface area contributed by atoms with Crippen molar-refractivity contribution in [2.24, 2.45) is 5.73 Å². The van der Waals surface area contributed by atoms with Crippen molar-refractivity contribution >= 4 is 11.6 Å². The molecular weight excluding hydrogens is 279 g/mol. The first kappa shape index (κ1) is 16.1. The van der Waals surface area contributed by atoms with Crippen LogP contribution in [0, 0.1) is 0 Å². The Morgan fingerprint density at radius 2 is 1.89 bits per heavy atom. The number of hydrogen-bond donors (Lipinski definition) is 1. The molecule has 0 fully saturated rings. The van der Waals surface area contributed by atoms with Crippen molar-refractivity contribution in [3.8, 4) is 5.75 Å². The van der Waals surface area contributed by atoms with Gasteiger partial charge in [0, 0.05) is 16.6 Å². The largest absolute Gasteiger partial charge is 0.492 e. The Hall–Kier alpha value is -0.940. The van der Waals surface area contributed by atoms with Crippen LogP contribution in [0.2, 0.25) is 5.02 Å². The molecule has 1 rings (SSSR count). The molecule has 0 radical (unpaired) electrons. The van der Waals surface area contributed by atoms with E-state index >= 15 is 0 Å². The molecule has 0 saturated carbocycles. The van der Waals surface area contributed by atoms with E-state index in [1.54, 1.807) is 6.92 Å². The molecule has 1 atom stereocenters. The Kier molecular flexibility index (Phi) is 4.74. The number of nitrogens with two attached hydrogens (primary N) is 1. The number of alkyl halides is 3. The summed E-state index contributed by atoms with van der Waals surface area (Å²) < 4.78 is 44.7. The van der Waals surface area contributed by atoms with E-state index in [0.29, 0.717) is 0 Å². The van der Waals surface area contributed by atoms with Crippen LogP contribution in [0.4, 0.5) is 13.2 Å². The summed E-state index contributed by atoms with van der Waals surface area (Å²) in [5.41, 5.74) is 3.50. The predicted octanol–water partition coefficient (Wildman–Crippen LogP) is 3.91. The molecular formula is C13H17ClF3NO. The van der Waals surface area contributed by atoms with Crippen molar-refractivity contribution in [3.05, 3.63) is 28.8 Å². The van der Waals surface area contributed by atoms with E-state index in [4.69, 9.17) is 22.1 Å². The predicted molar refractivity (Wildman–Crippen MR) is 69.7 cm³/mol. The molecule has 6 heteroatoms. The molecule has 0 aliphatic carbocycles. The van der Waals surface area contributed by atoms with Crippen LogP contribution in [0.1, 0.15) is 26.3 Å². The molecule has 1 aromatic carbocycles. The van der Waals surface area contributed by atoms with Gasteiger partial charge in [0.2, 0.25) is 0 Å². The van der Waals surface area contributed by atoms with Crippen LogP contribution in [0.5, 0.6) is 5.75 Å². The molecule has 0 heterocycles. The number of hydrogen-bond acceptors (Lipinski definition) is 2. The molecule has 0 bridgehead atoms. The smallest absolute Gasteiger partial charge is 0.398 e. The topological polar surface area (TPSA) is 35.2 Å². The molecule has 1 aromatic rings. The summed E-state index contributed by atoms with van der Waals surface area (Å²) in [7, 11) is 0. The lowest BCUT2D eigenvalue weighted by molar-refractivity contribution is -0.180. The summed E-state index contributed by atoms with van der Waals surface area (Å²) in [6, 6.07) is 3.95. The van der Waals surface area contributed by atoms with Crippen LogP contribution in [-0.4, -0.2) is 18.8 Å². The van der Waals surface area contributed by atoms with E-state index < -0.39 is 11.6 Å². The minimum absolute atomic E-state index is 0.00755. The third-order valence-electron chi connectivity index (χ3n) is 2.83. The molecule has 0 aliphatic rings. The van der Waals surface area contributed by atoms with Gasteiger partial charge < -0.3 is 10.5 Å². The first-order valence-corrected chi connectivity index (χ1v) is 6.18. The maximum Gasteiger partial charge on any atom is 0.398 e. The fourth-order valence-corrected chi connectivity index (χ4v) is 1.66. The molecule has 0 saturated heterocycles. The van der Waals surface area contributed by atoms with E-state index in [2.05, 4.69) is 0 Å². The second kappa shape index (κ2) is 5.59. The lowest BCUT2D eigenvalue weighted by atomic mass is 9.83. The van der Waals surface area contributed by atoms with Crippen molar-refractivity contribution in [3.63, 3.8) is 0 Å². The summed E-state index contributed by atoms with van der Waals surface area (Å²) in [4.78, 5) is 0. The summed E-state index contributed by atoms with van der Waals surface area (Å²) >= 11 is 5.79. The number of halogens is 4. The molecule has 0 aliphatic heterocycles. The van der Waals surface area contributed by atoms with Gasteiger partial charge in [-0.1, -0.05) is 11.6 Å². The Morgan fingerprint density at radius 3 is 2.37 bits per heavy atom. The minimum atomic E-state index is -4.40. The maximum atomic E-state index is 13.1. The van der Waals surface area contributed by atoms with Gasteiger partial charge in [0.05, 0.1) is 5.41 Å². The maximum absolute atomic E-state index is 13.1. The zero-order valence-corrected chi connectivity index (χ0v) is 11.8. The lowest BCUT2D eigenvalue weighted by Gasteiger charge is -2.30. The average Bonchev–Trinajstić information content (AvgIpc) is 2.25. The Balaban J connectivity index is 3.21. The molecule has 0 spiro atoms. The van der Waals surface area contributed by atoms with Gasteiger partial charge in [-0.3, -0.25) is 0 Å². The van der Waals surface area contributed by atoms with E-state index in [1.807, 2.05) is 0 Å². The van der Waals surface area contributed by atoms with Crippen molar-refractivity contribution in [1.29, 1.82) is 0 Å². The Labute approximate surface area is 115 Å². The third kappa shape index (κ3) is 3.76. The van der Waals surface area contributed by atoms with Gasteiger partial charge in [-0.05, 0) is 39.0 Å². The first-order chi connectivity index (χ1) is 8.55. The molecule has 2 N–H and O–H groups in total. The molecule has 0 aromatic heterocycles. The van der Waals surface area contributed by atoms with Gasteiger partial charge in [0.15, 0.2) is 0 Å². The summed E-state index contributed by atoms with van der Waals surface area (Å²) in [5, 5.41) is 0.237. The fraction of sp³-hybridized carbons (Fsp3) is 0.538. The van der Waals surface area contributed by atoms with Crippen molar-refractivity contribution in [1.82, 2.24) is 0 Å². The van der Waals surface area contributed by atoms with Crippen LogP contribution in [0.25, 0.3) is 0 Å². The van der Waals surface area contributed by atoms with Crippen LogP contribution in [0.3, 0.4) is 0 Å². The highest BCUT2D eigenvalue weighted by atomic mass is 35.5. The quantitative estimate of drug-likeness (QED) is 0.914. The summed E-state index contributed by atoms with van der Waals surface area (Å²) in [5.74, 6) is 0.157. The SMILES string of the molecule is CC(N)COc1ccc(Cl)cc1C(C)(C)C(F)(F)F. The van der Waals surface area contributed by atoms with Crippen molar-refractivity contribution in [2.45, 2.75) is 38.4 Å². The highest BCUT2D eigenvalue weighted by molar-refractivity contribution is 6.30. The number of rotatable bonds is 4. The van der Waals surface area contributed by atoms with Gasteiger partial charge in [0.25, 0.3) is 0 Å². The van der Waals surface area contributed by atoms with Gasteiger partial charge in [0.1, 0.15) is 12.4 Å². The van der Waals surface area contributed by atoms with E-state index in [-0.39, 0.29) is 29.0 Å². The van der Waals surface area contributed by atoms with Gasteiger partial charge in [-0.2, -0.15) is 13.2 Å². The summed E-state index contributed by atoms with van der Waals surface area (Å²) in [6.45, 7) is 4.04. The van der Waals surface area contributed by atoms with Crippen LogP contribution in [-0.2, 0) is 5.41 Å². The van der Waals surface area contributed by atoms with Crippen LogP contribution in [0.15, 0.2) is 18.2 Å². The van der Waals surface area contributed by atoms with Gasteiger partial charge >= 0.3 is 6.18 Å². The number of benzene rings is 1. The van der Waals surface area contributed by atoms with Crippen LogP contribution < -0.4 is 10.5 Å². The molecule has 2 nitrogen and oxygen atoms in total. The molecule has 19 heavy (non-hydrogen) atoms. The molecule has 1 unspecified atom stereocenters. The average molecular weight is 296 g/mol. The standard InChI is InChI=1S/C13H17ClF3NO/c1-8(18)7-19-11-5-4-9(14)6-10(11)12(2,3)13(15,16)17/h4-6,8H,7,18H2,1-3H3. The van der Waals surface area contributed by atoms with E-state index in [0.717, 1.165) is 13.8 Å². The normalized spacial score (nSPS) is 14.3. The fourth-order valence-electron chi connectivity index (χ4n) is 1.49. The highest BCUT2D eigenvalue weighted by Crippen LogP contribution is 2.44. The Bertz CT molecular complexity index is 444. The Morgan fingerprint density at radius 1 is 1.32 bits per heavy atom. The van der Waals surface area contributed by atoms with E-state index in [1.165, 1.54) is 18.2 Å². The third-order valence-corrected chi connectivity index (χ3v) is 3.06. The molecule has 0 amide bonds. The zero-order chi connectivity index (χ0) is 14.8. The second-order valence-corrected chi connectivity index (χ2v) is 5.49.